The molecule has 0 saturated carbocycles. The fourth-order valence-corrected chi connectivity index (χ4v) is 5.02. The van der Waals surface area contributed by atoms with Crippen molar-refractivity contribution in [1.29, 1.82) is 0 Å². The van der Waals surface area contributed by atoms with E-state index in [0.717, 1.165) is 41.1 Å². The molecule has 0 spiro atoms. The summed E-state index contributed by atoms with van der Waals surface area (Å²) in [6, 6.07) is 8.07. The zero-order valence-electron chi connectivity index (χ0n) is 21.3. The smallest absolute Gasteiger partial charge is 0.206 e. The van der Waals surface area contributed by atoms with Gasteiger partial charge in [0.15, 0.2) is 0 Å². The Kier molecular flexibility index (Phi) is 7.93. The van der Waals surface area contributed by atoms with Crippen LogP contribution in [0.3, 0.4) is 0 Å². The van der Waals surface area contributed by atoms with Crippen molar-refractivity contribution >= 4 is 17.6 Å². The van der Waals surface area contributed by atoms with Crippen molar-refractivity contribution in [2.75, 3.05) is 34.5 Å². The third-order valence-corrected chi connectivity index (χ3v) is 7.17. The molecule has 0 bridgehead atoms. The average molecular weight is 496 g/mol. The van der Waals surface area contributed by atoms with Crippen molar-refractivity contribution in [1.82, 2.24) is 4.68 Å². The van der Waals surface area contributed by atoms with Crippen molar-refractivity contribution < 1.29 is 18.9 Å². The molecule has 1 fully saturated rings. The van der Waals surface area contributed by atoms with Crippen LogP contribution in [0.25, 0.3) is 11.3 Å². The average Bonchev–Trinajstić information content (AvgIpc) is 3.53. The van der Waals surface area contributed by atoms with Gasteiger partial charge in [-0.05, 0) is 56.4 Å². The molecule has 0 amide bonds. The summed E-state index contributed by atoms with van der Waals surface area (Å²) >= 11 is 1.58. The molecule has 0 aliphatic carbocycles. The van der Waals surface area contributed by atoms with Crippen molar-refractivity contribution in [2.45, 2.75) is 39.7 Å². The highest BCUT2D eigenvalue weighted by atomic mass is 32.1. The Balaban J connectivity index is 1.84. The Bertz CT molecular complexity index is 1260. The Morgan fingerprint density at radius 3 is 2.34 bits per heavy atom. The molecule has 1 saturated heterocycles. The molecule has 0 radical (unpaired) electrons. The van der Waals surface area contributed by atoms with Crippen LogP contribution < -0.4 is 19.0 Å². The first-order valence-corrected chi connectivity index (χ1v) is 12.6. The Hall–Kier alpha value is -3.10. The Labute approximate surface area is 210 Å². The monoisotopic (exact) mass is 495 g/mol. The molecule has 1 aliphatic heterocycles. The van der Waals surface area contributed by atoms with E-state index in [1.807, 2.05) is 16.8 Å². The minimum Gasteiger partial charge on any atom is -0.496 e. The van der Waals surface area contributed by atoms with E-state index in [1.54, 1.807) is 38.9 Å². The van der Waals surface area contributed by atoms with Crippen LogP contribution in [0.4, 0.5) is 0 Å². The van der Waals surface area contributed by atoms with Gasteiger partial charge < -0.3 is 18.9 Å². The summed E-state index contributed by atoms with van der Waals surface area (Å²) in [6.07, 6.45) is 4.06. The van der Waals surface area contributed by atoms with Crippen LogP contribution in [-0.2, 0) is 4.74 Å². The van der Waals surface area contributed by atoms with Gasteiger partial charge in [0.2, 0.25) is 4.80 Å². The number of aryl methyl sites for hydroxylation is 3. The Morgan fingerprint density at radius 1 is 1.00 bits per heavy atom. The summed E-state index contributed by atoms with van der Waals surface area (Å²) in [5, 5.41) is 7.01. The van der Waals surface area contributed by atoms with Gasteiger partial charge in [0.05, 0.1) is 51.5 Å². The van der Waals surface area contributed by atoms with Gasteiger partial charge >= 0.3 is 0 Å². The lowest BCUT2D eigenvalue weighted by Gasteiger charge is -2.13. The van der Waals surface area contributed by atoms with E-state index in [9.17, 15) is 0 Å². The van der Waals surface area contributed by atoms with Crippen LogP contribution in [0.2, 0.25) is 0 Å². The summed E-state index contributed by atoms with van der Waals surface area (Å²) in [5.74, 6) is 1.88. The van der Waals surface area contributed by atoms with Gasteiger partial charge in [0.25, 0.3) is 0 Å². The van der Waals surface area contributed by atoms with Crippen LogP contribution in [0.5, 0.6) is 17.2 Å². The molecule has 7 nitrogen and oxygen atoms in total. The molecular weight excluding hydrogens is 462 g/mol. The minimum atomic E-state index is 0.170. The normalized spacial score (nSPS) is 16.3. The van der Waals surface area contributed by atoms with Gasteiger partial charge in [0.1, 0.15) is 17.2 Å². The van der Waals surface area contributed by atoms with E-state index in [2.05, 4.69) is 38.3 Å². The van der Waals surface area contributed by atoms with Gasteiger partial charge in [-0.2, -0.15) is 5.10 Å². The predicted octanol–water partition coefficient (Wildman–Crippen LogP) is 5.13. The fourth-order valence-electron chi connectivity index (χ4n) is 4.18. The molecule has 186 valence electrons. The van der Waals surface area contributed by atoms with E-state index < -0.39 is 0 Å². The van der Waals surface area contributed by atoms with E-state index in [1.165, 1.54) is 16.7 Å². The standard InChI is InChI=1S/C27H33N3O4S/c1-17-10-19(3)22(11-18(17)2)24-16-35-27(28-14-20-8-7-9-34-20)30(24)29-15-23-25(32-5)12-21(31-4)13-26(23)33-6/h10-13,15-16,20H,7-9,14H2,1-6H3. The van der Waals surface area contributed by atoms with Crippen LogP contribution in [0.15, 0.2) is 39.7 Å². The highest BCUT2D eigenvalue weighted by Crippen LogP contribution is 2.33. The lowest BCUT2D eigenvalue weighted by molar-refractivity contribution is 0.117. The number of benzene rings is 2. The van der Waals surface area contributed by atoms with E-state index in [0.29, 0.717) is 23.8 Å². The van der Waals surface area contributed by atoms with Crippen LogP contribution in [-0.4, -0.2) is 51.5 Å². The van der Waals surface area contributed by atoms with Crippen molar-refractivity contribution in [3.8, 4) is 28.5 Å². The summed E-state index contributed by atoms with van der Waals surface area (Å²) < 4.78 is 24.3. The van der Waals surface area contributed by atoms with Gasteiger partial charge in [-0.3, -0.25) is 4.99 Å². The largest absolute Gasteiger partial charge is 0.496 e. The molecule has 1 aromatic heterocycles. The first-order valence-electron chi connectivity index (χ1n) is 11.7. The first kappa shape index (κ1) is 25.0. The molecule has 4 rings (SSSR count). The van der Waals surface area contributed by atoms with Crippen molar-refractivity contribution in [3.63, 3.8) is 0 Å². The second-order valence-electron chi connectivity index (χ2n) is 8.63. The Morgan fingerprint density at radius 2 is 1.71 bits per heavy atom. The number of rotatable bonds is 8. The number of nitrogens with zero attached hydrogens (tertiary/aromatic N) is 3. The van der Waals surface area contributed by atoms with Crippen LogP contribution >= 0.6 is 11.3 Å². The lowest BCUT2D eigenvalue weighted by Crippen LogP contribution is -2.17. The maximum atomic E-state index is 5.78. The number of aromatic nitrogens is 1. The zero-order chi connectivity index (χ0) is 24.9. The molecule has 8 heteroatoms. The number of methoxy groups -OCH3 is 3. The molecule has 1 unspecified atom stereocenters. The van der Waals surface area contributed by atoms with Gasteiger partial charge in [-0.1, -0.05) is 6.07 Å². The predicted molar refractivity (Wildman–Crippen MR) is 140 cm³/mol. The van der Waals surface area contributed by atoms with Gasteiger partial charge in [-0.25, -0.2) is 4.68 Å². The zero-order valence-corrected chi connectivity index (χ0v) is 22.1. The molecular formula is C27H33N3O4S. The second-order valence-corrected chi connectivity index (χ2v) is 9.47. The topological polar surface area (TPSA) is 66.6 Å². The van der Waals surface area contributed by atoms with Crippen LogP contribution in [0, 0.1) is 20.8 Å². The van der Waals surface area contributed by atoms with E-state index in [-0.39, 0.29) is 6.10 Å². The molecule has 2 heterocycles. The second kappa shape index (κ2) is 11.1. The van der Waals surface area contributed by atoms with E-state index in [4.69, 9.17) is 29.0 Å². The SMILES string of the molecule is COc1cc(OC)c(C=Nn2c(-c3cc(C)c(C)cc3C)csc2=NCC2CCCO2)c(OC)c1. The number of hydrogen-bond donors (Lipinski definition) is 0. The maximum Gasteiger partial charge on any atom is 0.206 e. The van der Waals surface area contributed by atoms with Crippen molar-refractivity contribution in [2.24, 2.45) is 10.1 Å². The number of thiazole rings is 1. The molecule has 35 heavy (non-hydrogen) atoms. The van der Waals surface area contributed by atoms with Gasteiger partial charge in [0, 0.05) is 29.7 Å². The van der Waals surface area contributed by atoms with E-state index >= 15 is 0 Å². The molecule has 1 atom stereocenters. The molecule has 1 aliphatic rings. The third-order valence-electron chi connectivity index (χ3n) is 6.31. The first-order chi connectivity index (χ1) is 16.9. The van der Waals surface area contributed by atoms with Crippen molar-refractivity contribution in [3.05, 3.63) is 56.7 Å². The maximum absolute atomic E-state index is 5.78. The molecule has 0 N–H and O–H groups in total. The fraction of sp³-hybridized carbons (Fsp3) is 0.407. The number of hydrogen-bond acceptors (Lipinski definition) is 7. The quantitative estimate of drug-likeness (QED) is 0.407. The number of ether oxygens (including phenoxy) is 4. The van der Waals surface area contributed by atoms with Crippen LogP contribution in [0.1, 0.15) is 35.1 Å². The lowest BCUT2D eigenvalue weighted by atomic mass is 9.99. The highest BCUT2D eigenvalue weighted by molar-refractivity contribution is 7.07. The summed E-state index contributed by atoms with van der Waals surface area (Å²) in [4.78, 5) is 5.70. The summed E-state index contributed by atoms with van der Waals surface area (Å²) in [6.45, 7) is 7.83. The third kappa shape index (κ3) is 5.44. The minimum absolute atomic E-state index is 0.170. The molecule has 3 aromatic rings. The molecule has 2 aromatic carbocycles. The highest BCUT2D eigenvalue weighted by Gasteiger charge is 2.17. The van der Waals surface area contributed by atoms with Gasteiger partial charge in [-0.15, -0.1) is 11.3 Å². The summed E-state index contributed by atoms with van der Waals surface area (Å²) in [7, 11) is 4.86. The summed E-state index contributed by atoms with van der Waals surface area (Å²) in [5.41, 5.74) is 6.55.